The predicted molar refractivity (Wildman–Crippen MR) is 117 cm³/mol. The fourth-order valence-corrected chi connectivity index (χ4v) is 4.00. The van der Waals surface area contributed by atoms with Crippen LogP contribution in [0.5, 0.6) is 11.6 Å². The lowest BCUT2D eigenvalue weighted by Gasteiger charge is -2.10. The maximum Gasteiger partial charge on any atom is 0.261 e. The topological polar surface area (TPSA) is 99.0 Å². The van der Waals surface area contributed by atoms with Crippen molar-refractivity contribution in [2.24, 2.45) is 0 Å². The summed E-state index contributed by atoms with van der Waals surface area (Å²) in [5.74, 6) is 2.28. The molecular weight excluding hydrogens is 414 g/mol. The van der Waals surface area contributed by atoms with Crippen LogP contribution in [0.3, 0.4) is 0 Å². The first-order chi connectivity index (χ1) is 14.9. The summed E-state index contributed by atoms with van der Waals surface area (Å²) < 4.78 is 35.2. The van der Waals surface area contributed by atoms with E-state index >= 15 is 0 Å². The molecule has 0 radical (unpaired) electrons. The van der Waals surface area contributed by atoms with Crippen molar-refractivity contribution in [3.05, 3.63) is 84.4 Å². The van der Waals surface area contributed by atoms with Crippen LogP contribution in [0.1, 0.15) is 18.3 Å². The van der Waals surface area contributed by atoms with Crippen molar-refractivity contribution in [2.45, 2.75) is 25.2 Å². The number of aromatic nitrogens is 4. The largest absolute Gasteiger partial charge is 0.438 e. The summed E-state index contributed by atoms with van der Waals surface area (Å²) in [6, 6.07) is 16.9. The van der Waals surface area contributed by atoms with Gasteiger partial charge in [0.2, 0.25) is 5.88 Å². The Kier molecular flexibility index (Phi) is 5.68. The Hall–Kier alpha value is -3.72. The van der Waals surface area contributed by atoms with Gasteiger partial charge in [0.05, 0.1) is 4.90 Å². The molecule has 9 heteroatoms. The quantitative estimate of drug-likeness (QED) is 0.469. The zero-order valence-corrected chi connectivity index (χ0v) is 17.9. The molecule has 0 unspecified atom stereocenters. The van der Waals surface area contributed by atoms with Crippen LogP contribution in [-0.4, -0.2) is 28.2 Å². The van der Waals surface area contributed by atoms with Gasteiger partial charge in [0.1, 0.15) is 11.6 Å². The molecule has 2 aromatic heterocycles. The highest BCUT2D eigenvalue weighted by Gasteiger charge is 2.14. The van der Waals surface area contributed by atoms with Crippen molar-refractivity contribution in [1.29, 1.82) is 0 Å². The Bertz CT molecular complexity index is 1270. The van der Waals surface area contributed by atoms with Crippen LogP contribution in [0.2, 0.25) is 0 Å². The first kappa shape index (κ1) is 20.5. The normalized spacial score (nSPS) is 11.3. The number of ether oxygens (including phenoxy) is 1. The number of hydrogen-bond donors (Lipinski definition) is 1. The third kappa shape index (κ3) is 4.72. The molecule has 0 aliphatic rings. The molecule has 4 aromatic rings. The third-order valence-corrected chi connectivity index (χ3v) is 6.07. The summed E-state index contributed by atoms with van der Waals surface area (Å²) in [7, 11) is -3.66. The van der Waals surface area contributed by atoms with Gasteiger partial charge in [0.15, 0.2) is 5.82 Å². The van der Waals surface area contributed by atoms with Crippen molar-refractivity contribution in [3.63, 3.8) is 0 Å². The molecule has 8 nitrogen and oxygen atoms in total. The predicted octanol–water partition coefficient (Wildman–Crippen LogP) is 4.13. The average molecular weight is 436 g/mol. The van der Waals surface area contributed by atoms with E-state index in [0.717, 1.165) is 17.8 Å². The van der Waals surface area contributed by atoms with Gasteiger partial charge in [0, 0.05) is 24.1 Å². The molecule has 0 saturated heterocycles. The van der Waals surface area contributed by atoms with E-state index in [1.165, 1.54) is 0 Å². The Balaban J connectivity index is 1.42. The summed E-state index contributed by atoms with van der Waals surface area (Å²) in [5.41, 5.74) is 1.51. The lowest BCUT2D eigenvalue weighted by molar-refractivity contribution is 0.454. The van der Waals surface area contributed by atoms with Gasteiger partial charge in [-0.2, -0.15) is 0 Å². The van der Waals surface area contributed by atoms with Crippen LogP contribution in [-0.2, 0) is 16.4 Å². The van der Waals surface area contributed by atoms with E-state index in [0.29, 0.717) is 23.1 Å². The number of anilines is 1. The molecule has 0 amide bonds. The number of imidazole rings is 1. The Morgan fingerprint density at radius 3 is 2.29 bits per heavy atom. The fourth-order valence-electron chi connectivity index (χ4n) is 2.95. The summed E-state index contributed by atoms with van der Waals surface area (Å²) in [4.78, 5) is 4.38. The molecule has 4 rings (SSSR count). The van der Waals surface area contributed by atoms with E-state index in [1.54, 1.807) is 60.9 Å². The number of sulfonamides is 1. The monoisotopic (exact) mass is 435 g/mol. The van der Waals surface area contributed by atoms with E-state index in [4.69, 9.17) is 4.74 Å². The van der Waals surface area contributed by atoms with E-state index in [2.05, 4.69) is 19.9 Å². The van der Waals surface area contributed by atoms with Gasteiger partial charge in [-0.1, -0.05) is 19.1 Å². The summed E-state index contributed by atoms with van der Waals surface area (Å²) in [6.07, 6.45) is 4.35. The first-order valence-corrected chi connectivity index (χ1v) is 11.2. The molecule has 0 aliphatic carbocycles. The van der Waals surface area contributed by atoms with E-state index in [1.807, 2.05) is 30.5 Å². The lowest BCUT2D eigenvalue weighted by atomic mass is 10.2. The average Bonchev–Trinajstić information content (AvgIpc) is 3.21. The van der Waals surface area contributed by atoms with E-state index in [-0.39, 0.29) is 4.90 Å². The highest BCUT2D eigenvalue weighted by atomic mass is 32.2. The summed E-state index contributed by atoms with van der Waals surface area (Å²) in [5, 5.41) is 8.22. The van der Waals surface area contributed by atoms with Crippen LogP contribution < -0.4 is 9.46 Å². The molecule has 158 valence electrons. The van der Waals surface area contributed by atoms with Crippen LogP contribution >= 0.6 is 0 Å². The zero-order valence-electron chi connectivity index (χ0n) is 17.1. The van der Waals surface area contributed by atoms with Crippen LogP contribution in [0, 0.1) is 6.92 Å². The summed E-state index contributed by atoms with van der Waals surface area (Å²) in [6.45, 7) is 3.90. The minimum atomic E-state index is -3.66. The molecular formula is C22H21N5O3S. The minimum absolute atomic E-state index is 0.216. The second-order valence-electron chi connectivity index (χ2n) is 6.80. The molecule has 2 aromatic carbocycles. The fraction of sp³-hybridized carbons (Fsp3) is 0.136. The molecule has 0 bridgehead atoms. The molecule has 0 atom stereocenters. The van der Waals surface area contributed by atoms with Crippen LogP contribution in [0.25, 0.3) is 5.82 Å². The maximum absolute atomic E-state index is 12.6. The van der Waals surface area contributed by atoms with Crippen molar-refractivity contribution < 1.29 is 13.2 Å². The van der Waals surface area contributed by atoms with Crippen LogP contribution in [0.15, 0.2) is 78.0 Å². The molecule has 0 aliphatic heterocycles. The molecule has 1 N–H and O–H groups in total. The standard InChI is InChI=1S/C22H21N5O3S/c1-3-17-4-10-20(11-5-17)31(28,29)26-18-6-8-19(9-7-18)30-22-13-12-21(24-25-22)27-15-14-23-16(27)2/h4-15,26H,3H2,1-2H3. The van der Waals surface area contributed by atoms with Gasteiger partial charge in [-0.15, -0.1) is 10.2 Å². The molecule has 0 fully saturated rings. The van der Waals surface area contributed by atoms with Gasteiger partial charge < -0.3 is 4.74 Å². The van der Waals surface area contributed by atoms with Gasteiger partial charge in [-0.05, 0) is 61.4 Å². The van der Waals surface area contributed by atoms with E-state index < -0.39 is 10.0 Å². The maximum atomic E-state index is 12.6. The highest BCUT2D eigenvalue weighted by molar-refractivity contribution is 7.92. The van der Waals surface area contributed by atoms with Crippen LogP contribution in [0.4, 0.5) is 5.69 Å². The minimum Gasteiger partial charge on any atom is -0.438 e. The van der Waals surface area contributed by atoms with Gasteiger partial charge >= 0.3 is 0 Å². The second kappa shape index (κ2) is 8.57. The smallest absolute Gasteiger partial charge is 0.261 e. The highest BCUT2D eigenvalue weighted by Crippen LogP contribution is 2.23. The van der Waals surface area contributed by atoms with Crippen molar-refractivity contribution in [1.82, 2.24) is 19.7 Å². The SMILES string of the molecule is CCc1ccc(S(=O)(=O)Nc2ccc(Oc3ccc(-n4ccnc4C)nn3)cc2)cc1. The third-order valence-electron chi connectivity index (χ3n) is 4.67. The number of nitrogens with zero attached hydrogens (tertiary/aromatic N) is 4. The number of nitrogens with one attached hydrogen (secondary N) is 1. The molecule has 0 spiro atoms. The number of benzene rings is 2. The summed E-state index contributed by atoms with van der Waals surface area (Å²) >= 11 is 0. The van der Waals surface area contributed by atoms with Gasteiger partial charge in [-0.25, -0.2) is 13.4 Å². The van der Waals surface area contributed by atoms with Crippen molar-refractivity contribution in [3.8, 4) is 17.4 Å². The van der Waals surface area contributed by atoms with Gasteiger partial charge in [-0.3, -0.25) is 9.29 Å². The Labute approximate surface area is 180 Å². The van der Waals surface area contributed by atoms with Gasteiger partial charge in [0.25, 0.3) is 10.0 Å². The van der Waals surface area contributed by atoms with Crippen molar-refractivity contribution in [2.75, 3.05) is 4.72 Å². The number of aryl methyl sites for hydroxylation is 2. The number of rotatable bonds is 7. The number of hydrogen-bond acceptors (Lipinski definition) is 6. The molecule has 2 heterocycles. The molecule has 0 saturated carbocycles. The Morgan fingerprint density at radius 1 is 0.968 bits per heavy atom. The van der Waals surface area contributed by atoms with Crippen molar-refractivity contribution >= 4 is 15.7 Å². The second-order valence-corrected chi connectivity index (χ2v) is 8.49. The zero-order chi connectivity index (χ0) is 21.8. The molecule has 31 heavy (non-hydrogen) atoms. The lowest BCUT2D eigenvalue weighted by Crippen LogP contribution is -2.12. The first-order valence-electron chi connectivity index (χ1n) is 9.68. The Morgan fingerprint density at radius 2 is 1.71 bits per heavy atom. The van der Waals surface area contributed by atoms with E-state index in [9.17, 15) is 8.42 Å².